The van der Waals surface area contributed by atoms with Gasteiger partial charge in [-0.25, -0.2) is 0 Å². The van der Waals surface area contributed by atoms with Crippen molar-refractivity contribution in [2.24, 2.45) is 12.2 Å². The molecule has 24 heavy (non-hydrogen) atoms. The van der Waals surface area contributed by atoms with Crippen LogP contribution in [0.4, 0.5) is 22.0 Å². The lowest BCUT2D eigenvalue weighted by molar-refractivity contribution is -0.143. The molecule has 0 aromatic carbocycles. The van der Waals surface area contributed by atoms with Crippen LogP contribution in [0.2, 0.25) is 0 Å². The first-order valence-electron chi connectivity index (χ1n) is 6.53. The Kier molecular flexibility index (Phi) is 6.20. The van der Waals surface area contributed by atoms with Crippen molar-refractivity contribution in [2.75, 3.05) is 14.2 Å². The number of thioether (sulfide) groups is 1. The van der Waals surface area contributed by atoms with E-state index in [0.29, 0.717) is 4.80 Å². The van der Waals surface area contributed by atoms with Crippen LogP contribution in [0.3, 0.4) is 0 Å². The summed E-state index contributed by atoms with van der Waals surface area (Å²) < 4.78 is 70.5. The lowest BCUT2D eigenvalue weighted by Crippen LogP contribution is -2.21. The molecule has 0 saturated carbocycles. The quantitative estimate of drug-likeness (QED) is 0.741. The van der Waals surface area contributed by atoms with E-state index in [4.69, 9.17) is 4.84 Å². The molecular weight excluding hydrogens is 359 g/mol. The Labute approximate surface area is 139 Å². The summed E-state index contributed by atoms with van der Waals surface area (Å²) in [6, 6.07) is 0. The third-order valence-electron chi connectivity index (χ3n) is 2.48. The smallest absolute Gasteiger partial charge is 0.389 e. The predicted octanol–water partition coefficient (Wildman–Crippen LogP) is 3.39. The van der Waals surface area contributed by atoms with E-state index in [9.17, 15) is 22.0 Å². The first-order valence-corrected chi connectivity index (χ1v) is 7.35. The summed E-state index contributed by atoms with van der Waals surface area (Å²) >= 11 is -0.116. The molecule has 2 rings (SSSR count). The van der Waals surface area contributed by atoms with E-state index >= 15 is 0 Å². The highest BCUT2D eigenvalue weighted by Crippen LogP contribution is 2.46. The van der Waals surface area contributed by atoms with Crippen molar-refractivity contribution in [1.82, 2.24) is 15.0 Å². The molecule has 2 heterocycles. The van der Waals surface area contributed by atoms with Gasteiger partial charge in [0.2, 0.25) is 0 Å². The number of nitrogens with zero attached hydrogens (tertiary/aromatic N) is 4. The maximum absolute atomic E-state index is 14.1. The van der Waals surface area contributed by atoms with E-state index in [2.05, 4.69) is 20.1 Å². The standard InChI is InChI=1S/C10H11F5N4OS.C2H6O/c1-8(2)4-5(18-20-8)21-10(14,15)7-6(9(11,12)13)16-19(3)17-7;1-3-2/h4H2,1-3H3;1-2H3. The molecular formula is C12H17F5N4O2S. The molecule has 0 bridgehead atoms. The molecule has 0 spiro atoms. The SMILES string of the molecule is COC.Cn1nc(C(F)(F)F)c(C(F)(F)SC2=NOC(C)(C)C2)n1. The fourth-order valence-electron chi connectivity index (χ4n) is 1.65. The van der Waals surface area contributed by atoms with E-state index in [1.807, 2.05) is 0 Å². The minimum atomic E-state index is -5.01. The van der Waals surface area contributed by atoms with Gasteiger partial charge in [-0.15, -0.1) is 5.10 Å². The van der Waals surface area contributed by atoms with Crippen LogP contribution in [0.15, 0.2) is 5.16 Å². The Balaban J connectivity index is 0.000000891. The van der Waals surface area contributed by atoms with E-state index in [1.165, 1.54) is 0 Å². The molecule has 1 aromatic heterocycles. The molecule has 0 radical (unpaired) electrons. The molecule has 12 heteroatoms. The van der Waals surface area contributed by atoms with Crippen LogP contribution in [0, 0.1) is 0 Å². The van der Waals surface area contributed by atoms with Gasteiger partial charge >= 0.3 is 11.4 Å². The largest absolute Gasteiger partial charge is 0.437 e. The lowest BCUT2D eigenvalue weighted by atomic mass is 10.1. The Hall–Kier alpha value is -1.43. The van der Waals surface area contributed by atoms with Crippen molar-refractivity contribution >= 4 is 16.8 Å². The van der Waals surface area contributed by atoms with Crippen LogP contribution in [-0.2, 0) is 28.1 Å². The summed E-state index contributed by atoms with van der Waals surface area (Å²) in [7, 11) is 4.29. The molecule has 138 valence electrons. The molecule has 1 aromatic rings. The van der Waals surface area contributed by atoms with E-state index in [0.717, 1.165) is 7.05 Å². The maximum atomic E-state index is 14.1. The summed E-state index contributed by atoms with van der Waals surface area (Å²) in [4.78, 5) is 5.37. The zero-order valence-electron chi connectivity index (χ0n) is 13.6. The Morgan fingerprint density at radius 3 is 2.04 bits per heavy atom. The van der Waals surface area contributed by atoms with Crippen molar-refractivity contribution in [1.29, 1.82) is 0 Å². The molecule has 1 aliphatic heterocycles. The summed E-state index contributed by atoms with van der Waals surface area (Å²) in [5.74, 6) is 0. The molecule has 0 saturated heterocycles. The minimum absolute atomic E-state index is 0.0782. The number of ether oxygens (including phenoxy) is 1. The number of aryl methyl sites for hydroxylation is 1. The first-order chi connectivity index (χ1) is 10.8. The molecule has 0 unspecified atom stereocenters. The number of rotatable bonds is 2. The maximum Gasteiger partial charge on any atom is 0.437 e. The van der Waals surface area contributed by atoms with Crippen LogP contribution >= 0.6 is 11.8 Å². The van der Waals surface area contributed by atoms with E-state index in [-0.39, 0.29) is 23.2 Å². The third kappa shape index (κ3) is 5.30. The number of methoxy groups -OCH3 is 1. The van der Waals surface area contributed by atoms with E-state index < -0.39 is 28.4 Å². The van der Waals surface area contributed by atoms with Gasteiger partial charge in [0, 0.05) is 27.7 Å². The Morgan fingerprint density at radius 1 is 1.12 bits per heavy atom. The van der Waals surface area contributed by atoms with Gasteiger partial charge < -0.3 is 9.57 Å². The van der Waals surface area contributed by atoms with Gasteiger partial charge in [0.05, 0.1) is 0 Å². The van der Waals surface area contributed by atoms with Crippen molar-refractivity contribution in [3.8, 4) is 0 Å². The molecule has 1 aliphatic rings. The summed E-state index contributed by atoms with van der Waals surface area (Å²) in [5.41, 5.74) is -3.90. The van der Waals surface area contributed by atoms with Gasteiger partial charge in [-0.2, -0.15) is 31.8 Å². The first kappa shape index (κ1) is 20.6. The van der Waals surface area contributed by atoms with Crippen LogP contribution in [-0.4, -0.2) is 39.9 Å². The molecule has 0 fully saturated rings. The molecule has 0 amide bonds. The summed E-state index contributed by atoms with van der Waals surface area (Å²) in [6.07, 6.45) is -4.93. The van der Waals surface area contributed by atoms with Gasteiger partial charge in [-0.05, 0) is 25.6 Å². The predicted molar refractivity (Wildman–Crippen MR) is 77.6 cm³/mol. The number of halogens is 5. The Morgan fingerprint density at radius 2 is 1.62 bits per heavy atom. The Bertz CT molecular complexity index is 601. The lowest BCUT2D eigenvalue weighted by Gasteiger charge is -2.16. The van der Waals surface area contributed by atoms with Gasteiger partial charge in [0.15, 0.2) is 11.4 Å². The summed E-state index contributed by atoms with van der Waals surface area (Å²) in [6.45, 7) is 3.26. The van der Waals surface area contributed by atoms with Crippen molar-refractivity contribution in [3.05, 3.63) is 11.4 Å². The minimum Gasteiger partial charge on any atom is -0.389 e. The number of aromatic nitrogens is 3. The molecule has 6 nitrogen and oxygen atoms in total. The zero-order chi connectivity index (χ0) is 18.8. The van der Waals surface area contributed by atoms with Crippen LogP contribution < -0.4 is 0 Å². The zero-order valence-corrected chi connectivity index (χ0v) is 14.4. The highest BCUT2D eigenvalue weighted by Gasteiger charge is 2.49. The van der Waals surface area contributed by atoms with Crippen molar-refractivity contribution in [2.45, 2.75) is 37.3 Å². The molecule has 0 N–H and O–H groups in total. The van der Waals surface area contributed by atoms with Gasteiger partial charge in [0.25, 0.3) is 0 Å². The van der Waals surface area contributed by atoms with Crippen LogP contribution in [0.1, 0.15) is 31.7 Å². The topological polar surface area (TPSA) is 61.5 Å². The van der Waals surface area contributed by atoms with Crippen molar-refractivity contribution in [3.63, 3.8) is 0 Å². The number of alkyl halides is 5. The number of hydrogen-bond donors (Lipinski definition) is 0. The van der Waals surface area contributed by atoms with Crippen LogP contribution in [0.5, 0.6) is 0 Å². The fraction of sp³-hybridized carbons (Fsp3) is 0.750. The monoisotopic (exact) mass is 376 g/mol. The van der Waals surface area contributed by atoms with Gasteiger partial charge in [-0.1, -0.05) is 5.16 Å². The molecule has 0 aliphatic carbocycles. The third-order valence-corrected chi connectivity index (χ3v) is 3.38. The second-order valence-corrected chi connectivity index (χ2v) is 6.61. The average molecular weight is 376 g/mol. The van der Waals surface area contributed by atoms with Crippen molar-refractivity contribution < 1.29 is 31.5 Å². The van der Waals surface area contributed by atoms with Crippen LogP contribution in [0.25, 0.3) is 0 Å². The normalized spacial score (nSPS) is 17.0. The van der Waals surface area contributed by atoms with E-state index in [1.54, 1.807) is 28.1 Å². The number of hydrogen-bond acceptors (Lipinski definition) is 6. The highest BCUT2D eigenvalue weighted by atomic mass is 32.2. The fourth-order valence-corrected chi connectivity index (χ4v) is 2.67. The second kappa shape index (κ2) is 7.21. The van der Waals surface area contributed by atoms with Gasteiger partial charge in [-0.3, -0.25) is 0 Å². The summed E-state index contributed by atoms with van der Waals surface area (Å²) in [5, 5.41) is 5.57. The van der Waals surface area contributed by atoms with Gasteiger partial charge in [0.1, 0.15) is 10.6 Å². The number of oxime groups is 1. The highest BCUT2D eigenvalue weighted by molar-refractivity contribution is 8.14. The second-order valence-electron chi connectivity index (χ2n) is 5.42. The average Bonchev–Trinajstić information content (AvgIpc) is 2.93. The molecule has 0 atom stereocenters.